The smallest absolute Gasteiger partial charge is 0.0480 e. The first-order valence-electron chi connectivity index (χ1n) is 5.25. The minimum absolute atomic E-state index is 0.266. The minimum atomic E-state index is -0.266. The molecule has 0 atom stereocenters. The molecule has 1 heterocycles. The van der Waals surface area contributed by atoms with Gasteiger partial charge in [-0.2, -0.15) is 0 Å². The molecule has 0 spiro atoms. The van der Waals surface area contributed by atoms with Crippen LogP contribution in [0.1, 0.15) is 25.1 Å². The van der Waals surface area contributed by atoms with Gasteiger partial charge in [-0.25, -0.2) is 0 Å². The second-order valence-corrected chi connectivity index (χ2v) is 4.84. The molecule has 0 aliphatic rings. The van der Waals surface area contributed by atoms with E-state index in [9.17, 15) is 0 Å². The van der Waals surface area contributed by atoms with Crippen LogP contribution in [0, 0.1) is 6.92 Å². The standard InChI is InChI=1S/C13H18N2/c1-9-7-10-8-11(13(2,3)14)5-6-12(10)15(9)4/h5-8H,14H2,1-4H3. The summed E-state index contributed by atoms with van der Waals surface area (Å²) in [5, 5.41) is 1.27. The summed E-state index contributed by atoms with van der Waals surface area (Å²) >= 11 is 0. The van der Waals surface area contributed by atoms with Crippen molar-refractivity contribution in [3.8, 4) is 0 Å². The van der Waals surface area contributed by atoms with E-state index in [-0.39, 0.29) is 5.54 Å². The predicted molar refractivity (Wildman–Crippen MR) is 64.9 cm³/mol. The third kappa shape index (κ3) is 1.65. The molecule has 15 heavy (non-hydrogen) atoms. The first kappa shape index (κ1) is 10.2. The number of hydrogen-bond donors (Lipinski definition) is 1. The van der Waals surface area contributed by atoms with E-state index in [1.165, 1.54) is 22.2 Å². The first-order chi connectivity index (χ1) is 6.89. The Hall–Kier alpha value is -1.28. The van der Waals surface area contributed by atoms with Crippen LogP contribution in [0.4, 0.5) is 0 Å². The van der Waals surface area contributed by atoms with Crippen LogP contribution in [0.25, 0.3) is 10.9 Å². The van der Waals surface area contributed by atoms with E-state index in [2.05, 4.69) is 42.8 Å². The van der Waals surface area contributed by atoms with E-state index in [0.717, 1.165) is 0 Å². The van der Waals surface area contributed by atoms with Gasteiger partial charge >= 0.3 is 0 Å². The molecule has 0 saturated carbocycles. The molecule has 2 nitrogen and oxygen atoms in total. The molecule has 0 aliphatic carbocycles. The molecule has 80 valence electrons. The van der Waals surface area contributed by atoms with Crippen molar-refractivity contribution in [1.29, 1.82) is 0 Å². The summed E-state index contributed by atoms with van der Waals surface area (Å²) in [5.41, 5.74) is 9.54. The maximum atomic E-state index is 6.09. The van der Waals surface area contributed by atoms with Gasteiger partial charge in [-0.1, -0.05) is 6.07 Å². The largest absolute Gasteiger partial charge is 0.348 e. The zero-order valence-electron chi connectivity index (χ0n) is 9.83. The fraction of sp³-hybridized carbons (Fsp3) is 0.385. The number of aryl methyl sites for hydroxylation is 2. The molecular formula is C13H18N2. The van der Waals surface area contributed by atoms with Crippen LogP contribution in [-0.2, 0) is 12.6 Å². The highest BCUT2D eigenvalue weighted by atomic mass is 14.9. The van der Waals surface area contributed by atoms with Crippen LogP contribution in [-0.4, -0.2) is 4.57 Å². The number of nitrogens with zero attached hydrogens (tertiary/aromatic N) is 1. The summed E-state index contributed by atoms with van der Waals surface area (Å²) in [6.07, 6.45) is 0. The van der Waals surface area contributed by atoms with Crippen molar-refractivity contribution in [3.63, 3.8) is 0 Å². The van der Waals surface area contributed by atoms with Gasteiger partial charge in [-0.05, 0) is 44.5 Å². The second-order valence-electron chi connectivity index (χ2n) is 4.84. The van der Waals surface area contributed by atoms with Gasteiger partial charge in [0.25, 0.3) is 0 Å². The van der Waals surface area contributed by atoms with Crippen molar-refractivity contribution >= 4 is 10.9 Å². The lowest BCUT2D eigenvalue weighted by Gasteiger charge is -2.19. The van der Waals surface area contributed by atoms with Crippen molar-refractivity contribution in [2.24, 2.45) is 12.8 Å². The highest BCUT2D eigenvalue weighted by molar-refractivity contribution is 5.82. The van der Waals surface area contributed by atoms with E-state index >= 15 is 0 Å². The molecule has 0 fully saturated rings. The number of rotatable bonds is 1. The van der Waals surface area contributed by atoms with E-state index in [1.54, 1.807) is 0 Å². The summed E-state index contributed by atoms with van der Waals surface area (Å²) in [5.74, 6) is 0. The average molecular weight is 202 g/mol. The fourth-order valence-electron chi connectivity index (χ4n) is 1.89. The Balaban J connectivity index is 2.67. The topological polar surface area (TPSA) is 30.9 Å². The van der Waals surface area contributed by atoms with Crippen molar-refractivity contribution < 1.29 is 0 Å². The Labute approximate surface area is 90.7 Å². The van der Waals surface area contributed by atoms with Crippen LogP contribution < -0.4 is 5.73 Å². The molecule has 0 amide bonds. The highest BCUT2D eigenvalue weighted by Crippen LogP contribution is 2.24. The van der Waals surface area contributed by atoms with Crippen molar-refractivity contribution in [2.75, 3.05) is 0 Å². The Morgan fingerprint density at radius 3 is 2.47 bits per heavy atom. The van der Waals surface area contributed by atoms with Gasteiger partial charge in [0, 0.05) is 29.2 Å². The van der Waals surface area contributed by atoms with Gasteiger partial charge in [0.05, 0.1) is 0 Å². The maximum Gasteiger partial charge on any atom is 0.0480 e. The maximum absolute atomic E-state index is 6.09. The van der Waals surface area contributed by atoms with Crippen LogP contribution in [0.15, 0.2) is 24.3 Å². The Morgan fingerprint density at radius 1 is 1.20 bits per heavy atom. The molecule has 0 bridgehead atoms. The van der Waals surface area contributed by atoms with E-state index < -0.39 is 0 Å². The summed E-state index contributed by atoms with van der Waals surface area (Å²) in [7, 11) is 2.09. The molecule has 1 aromatic carbocycles. The van der Waals surface area contributed by atoms with Gasteiger partial charge < -0.3 is 10.3 Å². The fourth-order valence-corrected chi connectivity index (χ4v) is 1.89. The summed E-state index contributed by atoms with van der Waals surface area (Å²) in [4.78, 5) is 0. The third-order valence-corrected chi connectivity index (χ3v) is 3.03. The molecule has 2 N–H and O–H groups in total. The van der Waals surface area contributed by atoms with Gasteiger partial charge in [0.15, 0.2) is 0 Å². The number of hydrogen-bond acceptors (Lipinski definition) is 1. The lowest BCUT2D eigenvalue weighted by atomic mass is 9.95. The van der Waals surface area contributed by atoms with Crippen molar-refractivity contribution in [2.45, 2.75) is 26.3 Å². The number of fused-ring (bicyclic) bond motifs is 1. The van der Waals surface area contributed by atoms with E-state index in [4.69, 9.17) is 5.73 Å². The van der Waals surface area contributed by atoms with Crippen molar-refractivity contribution in [3.05, 3.63) is 35.5 Å². The van der Waals surface area contributed by atoms with Crippen LogP contribution in [0.5, 0.6) is 0 Å². The summed E-state index contributed by atoms with van der Waals surface area (Å²) < 4.78 is 2.20. The van der Waals surface area contributed by atoms with Crippen LogP contribution >= 0.6 is 0 Å². The summed E-state index contributed by atoms with van der Waals surface area (Å²) in [6.45, 7) is 6.18. The first-order valence-corrected chi connectivity index (χ1v) is 5.25. The van der Waals surface area contributed by atoms with E-state index in [1.807, 2.05) is 13.8 Å². The normalized spacial score (nSPS) is 12.3. The molecular weight excluding hydrogens is 184 g/mol. The average Bonchev–Trinajstić information content (AvgIpc) is 2.41. The Morgan fingerprint density at radius 2 is 1.87 bits per heavy atom. The van der Waals surface area contributed by atoms with Crippen molar-refractivity contribution in [1.82, 2.24) is 4.57 Å². The second kappa shape index (κ2) is 3.11. The van der Waals surface area contributed by atoms with Gasteiger partial charge in [0.1, 0.15) is 0 Å². The Kier molecular flexibility index (Phi) is 2.12. The quantitative estimate of drug-likeness (QED) is 0.757. The number of aromatic nitrogens is 1. The minimum Gasteiger partial charge on any atom is -0.348 e. The summed E-state index contributed by atoms with van der Waals surface area (Å²) in [6, 6.07) is 8.64. The van der Waals surface area contributed by atoms with Crippen LogP contribution in [0.3, 0.4) is 0 Å². The molecule has 0 radical (unpaired) electrons. The highest BCUT2D eigenvalue weighted by Gasteiger charge is 2.14. The van der Waals surface area contributed by atoms with Gasteiger partial charge in [0.2, 0.25) is 0 Å². The molecule has 0 unspecified atom stereocenters. The number of benzene rings is 1. The predicted octanol–water partition coefficient (Wildman–Crippen LogP) is 2.68. The zero-order chi connectivity index (χ0) is 11.2. The number of nitrogens with two attached hydrogens (primary N) is 1. The van der Waals surface area contributed by atoms with Gasteiger partial charge in [-0.3, -0.25) is 0 Å². The SMILES string of the molecule is Cc1cc2cc(C(C)(C)N)ccc2n1C. The lowest BCUT2D eigenvalue weighted by molar-refractivity contribution is 0.555. The van der Waals surface area contributed by atoms with Crippen LogP contribution in [0.2, 0.25) is 0 Å². The molecule has 2 heteroatoms. The molecule has 2 rings (SSSR count). The van der Waals surface area contributed by atoms with Gasteiger partial charge in [-0.15, -0.1) is 0 Å². The van der Waals surface area contributed by atoms with E-state index in [0.29, 0.717) is 0 Å². The molecule has 0 saturated heterocycles. The lowest BCUT2D eigenvalue weighted by Crippen LogP contribution is -2.28. The molecule has 1 aromatic heterocycles. The molecule has 0 aliphatic heterocycles. The third-order valence-electron chi connectivity index (χ3n) is 3.03. The zero-order valence-corrected chi connectivity index (χ0v) is 9.83. The molecule has 2 aromatic rings. The monoisotopic (exact) mass is 202 g/mol. The Bertz CT molecular complexity index is 501.